The maximum atomic E-state index is 12.7. The van der Waals surface area contributed by atoms with E-state index in [0.717, 1.165) is 56.8 Å². The van der Waals surface area contributed by atoms with Gasteiger partial charge in [-0.05, 0) is 48.9 Å². The SMILES string of the molecule is CCCCCCCC(C)CCCC(C)CCCC(=O)OCC(COC(=O)CCC(C)CCCC(C)CCC)OC(=O)CCCCCC(C)CC. The average Bonchev–Trinajstić information content (AvgIpc) is 3.08. The minimum absolute atomic E-state index is 0.0793. The molecule has 0 aromatic rings. The highest BCUT2D eigenvalue weighted by Crippen LogP contribution is 2.22. The Morgan fingerprint density at radius 3 is 1.40 bits per heavy atom. The van der Waals surface area contributed by atoms with Crippen molar-refractivity contribution in [2.75, 3.05) is 13.2 Å². The van der Waals surface area contributed by atoms with E-state index in [1.807, 2.05) is 0 Å². The molecule has 6 nitrogen and oxygen atoms in total. The van der Waals surface area contributed by atoms with Crippen molar-refractivity contribution in [3.05, 3.63) is 0 Å². The number of unbranched alkanes of at least 4 members (excludes halogenated alkanes) is 6. The zero-order chi connectivity index (χ0) is 37.4. The molecule has 6 unspecified atom stereocenters. The first-order valence-corrected chi connectivity index (χ1v) is 21.5. The fourth-order valence-electron chi connectivity index (χ4n) is 6.78. The number of carbonyl (C=O) groups is 3. The van der Waals surface area contributed by atoms with Crippen molar-refractivity contribution in [1.29, 1.82) is 0 Å². The molecule has 6 heteroatoms. The number of carbonyl (C=O) groups excluding carboxylic acids is 3. The van der Waals surface area contributed by atoms with Crippen LogP contribution in [0.1, 0.15) is 216 Å². The standard InChI is InChI=1S/C44H84O6/c1-9-12-13-14-16-24-38(6)26-20-27-39(7)29-21-31-42(45)48-34-41(50-44(47)30-18-15-17-23-36(4)11-3)35-49-43(46)33-32-40(8)28-19-25-37(5)22-10-2/h36-41H,9-35H2,1-8H3. The predicted octanol–water partition coefficient (Wildman–Crippen LogP) is 13.0. The van der Waals surface area contributed by atoms with Crippen LogP contribution in [-0.2, 0) is 28.6 Å². The van der Waals surface area contributed by atoms with Gasteiger partial charge in [-0.1, -0.05) is 177 Å². The van der Waals surface area contributed by atoms with Crippen LogP contribution in [0.25, 0.3) is 0 Å². The van der Waals surface area contributed by atoms with Crippen LogP contribution in [0.5, 0.6) is 0 Å². The number of hydrogen-bond donors (Lipinski definition) is 0. The first-order valence-electron chi connectivity index (χ1n) is 21.5. The van der Waals surface area contributed by atoms with Crippen molar-refractivity contribution in [2.24, 2.45) is 29.6 Å². The van der Waals surface area contributed by atoms with Crippen LogP contribution in [0, 0.1) is 29.6 Å². The Hall–Kier alpha value is -1.59. The lowest BCUT2D eigenvalue weighted by molar-refractivity contribution is -0.167. The zero-order valence-corrected chi connectivity index (χ0v) is 34.5. The molecule has 0 aliphatic heterocycles. The highest BCUT2D eigenvalue weighted by molar-refractivity contribution is 5.71. The Labute approximate surface area is 310 Å². The van der Waals surface area contributed by atoms with Crippen molar-refractivity contribution >= 4 is 17.9 Å². The second-order valence-electron chi connectivity index (χ2n) is 16.3. The number of ether oxygens (including phenoxy) is 3. The molecular formula is C44H84O6. The lowest BCUT2D eigenvalue weighted by Crippen LogP contribution is -2.31. The monoisotopic (exact) mass is 709 g/mol. The van der Waals surface area contributed by atoms with Crippen LogP contribution in [-0.4, -0.2) is 37.2 Å². The lowest BCUT2D eigenvalue weighted by Gasteiger charge is -2.19. The summed E-state index contributed by atoms with van der Waals surface area (Å²) in [6.45, 7) is 18.0. The molecule has 296 valence electrons. The third-order valence-corrected chi connectivity index (χ3v) is 10.7. The molecule has 50 heavy (non-hydrogen) atoms. The fraction of sp³-hybridized carbons (Fsp3) is 0.932. The van der Waals surface area contributed by atoms with Crippen LogP contribution in [0.15, 0.2) is 0 Å². The molecular weight excluding hydrogens is 624 g/mol. The van der Waals surface area contributed by atoms with E-state index >= 15 is 0 Å². The summed E-state index contributed by atoms with van der Waals surface area (Å²) in [5.41, 5.74) is 0. The summed E-state index contributed by atoms with van der Waals surface area (Å²) in [5.74, 6) is 2.42. The highest BCUT2D eigenvalue weighted by Gasteiger charge is 2.20. The Morgan fingerprint density at radius 1 is 0.400 bits per heavy atom. The molecule has 0 aromatic carbocycles. The molecule has 0 rings (SSSR count). The Kier molecular flexibility index (Phi) is 32.2. The summed E-state index contributed by atoms with van der Waals surface area (Å²) < 4.78 is 16.8. The minimum atomic E-state index is -0.777. The van der Waals surface area contributed by atoms with Gasteiger partial charge in [-0.2, -0.15) is 0 Å². The van der Waals surface area contributed by atoms with Gasteiger partial charge in [0.05, 0.1) is 0 Å². The Bertz CT molecular complexity index is 812. The van der Waals surface area contributed by atoms with Gasteiger partial charge < -0.3 is 14.2 Å². The summed E-state index contributed by atoms with van der Waals surface area (Å²) >= 11 is 0. The van der Waals surface area contributed by atoms with Crippen molar-refractivity contribution in [3.8, 4) is 0 Å². The van der Waals surface area contributed by atoms with Gasteiger partial charge in [0.2, 0.25) is 0 Å². The molecule has 0 aromatic heterocycles. The minimum Gasteiger partial charge on any atom is -0.462 e. The first kappa shape index (κ1) is 48.4. The molecule has 0 radical (unpaired) electrons. The van der Waals surface area contributed by atoms with Crippen molar-refractivity contribution in [1.82, 2.24) is 0 Å². The van der Waals surface area contributed by atoms with E-state index in [4.69, 9.17) is 14.2 Å². The Morgan fingerprint density at radius 2 is 0.840 bits per heavy atom. The Balaban J connectivity index is 4.58. The second kappa shape index (κ2) is 33.3. The van der Waals surface area contributed by atoms with Gasteiger partial charge in [0.25, 0.3) is 0 Å². The molecule has 0 saturated carbocycles. The largest absolute Gasteiger partial charge is 0.462 e. The molecule has 0 spiro atoms. The van der Waals surface area contributed by atoms with Gasteiger partial charge in [-0.25, -0.2) is 0 Å². The third-order valence-electron chi connectivity index (χ3n) is 10.7. The summed E-state index contributed by atoms with van der Waals surface area (Å²) in [6, 6.07) is 0. The number of esters is 3. The zero-order valence-electron chi connectivity index (χ0n) is 34.5. The fourth-order valence-corrected chi connectivity index (χ4v) is 6.78. The van der Waals surface area contributed by atoms with E-state index in [2.05, 4.69) is 55.4 Å². The van der Waals surface area contributed by atoms with E-state index in [0.29, 0.717) is 37.0 Å². The maximum Gasteiger partial charge on any atom is 0.306 e. The van der Waals surface area contributed by atoms with Gasteiger partial charge in [-0.15, -0.1) is 0 Å². The topological polar surface area (TPSA) is 78.9 Å². The van der Waals surface area contributed by atoms with Gasteiger partial charge in [0.1, 0.15) is 13.2 Å². The highest BCUT2D eigenvalue weighted by atomic mass is 16.6. The van der Waals surface area contributed by atoms with E-state index in [1.165, 1.54) is 96.3 Å². The molecule has 0 bridgehead atoms. The third kappa shape index (κ3) is 31.2. The van der Waals surface area contributed by atoms with E-state index < -0.39 is 6.10 Å². The van der Waals surface area contributed by atoms with Crippen molar-refractivity contribution in [3.63, 3.8) is 0 Å². The molecule has 6 atom stereocenters. The van der Waals surface area contributed by atoms with Crippen molar-refractivity contribution < 1.29 is 28.6 Å². The molecule has 0 aliphatic rings. The van der Waals surface area contributed by atoms with E-state index in [-0.39, 0.29) is 31.1 Å². The van der Waals surface area contributed by atoms with Gasteiger partial charge in [-0.3, -0.25) is 14.4 Å². The van der Waals surface area contributed by atoms with E-state index in [1.54, 1.807) is 0 Å². The number of hydrogen-bond acceptors (Lipinski definition) is 6. The second-order valence-corrected chi connectivity index (χ2v) is 16.3. The molecule has 0 N–H and O–H groups in total. The van der Waals surface area contributed by atoms with Gasteiger partial charge in [0.15, 0.2) is 6.10 Å². The maximum absolute atomic E-state index is 12.7. The quantitative estimate of drug-likeness (QED) is 0.0370. The van der Waals surface area contributed by atoms with E-state index in [9.17, 15) is 14.4 Å². The van der Waals surface area contributed by atoms with Gasteiger partial charge in [0, 0.05) is 19.3 Å². The van der Waals surface area contributed by atoms with Crippen molar-refractivity contribution in [2.45, 2.75) is 222 Å². The lowest BCUT2D eigenvalue weighted by atomic mass is 9.92. The van der Waals surface area contributed by atoms with Crippen LogP contribution < -0.4 is 0 Å². The van der Waals surface area contributed by atoms with Crippen LogP contribution in [0.4, 0.5) is 0 Å². The number of rotatable bonds is 35. The average molecular weight is 709 g/mol. The molecule has 0 heterocycles. The summed E-state index contributed by atoms with van der Waals surface area (Å²) in [4.78, 5) is 37.9. The van der Waals surface area contributed by atoms with Crippen LogP contribution >= 0.6 is 0 Å². The molecule has 0 saturated heterocycles. The molecule has 0 amide bonds. The first-order chi connectivity index (χ1) is 24.0. The summed E-state index contributed by atoms with van der Waals surface area (Å²) in [7, 11) is 0. The van der Waals surface area contributed by atoms with Crippen LogP contribution in [0.3, 0.4) is 0 Å². The van der Waals surface area contributed by atoms with Gasteiger partial charge >= 0.3 is 17.9 Å². The molecule has 0 fully saturated rings. The predicted molar refractivity (Wildman–Crippen MR) is 210 cm³/mol. The summed E-state index contributed by atoms with van der Waals surface area (Å²) in [5, 5.41) is 0. The smallest absolute Gasteiger partial charge is 0.306 e. The normalized spacial score (nSPS) is 15.1. The summed E-state index contributed by atoms with van der Waals surface area (Å²) in [6.07, 6.45) is 25.9. The van der Waals surface area contributed by atoms with Crippen LogP contribution in [0.2, 0.25) is 0 Å². The molecule has 0 aliphatic carbocycles.